The fraction of sp³-hybridized carbons (Fsp3) is 0.706. The SMILES string of the molecule is CCN1CCCC(CNC(=NC)N(C)Cc2cc(Br)cn2C)C1. The Kier molecular flexibility index (Phi) is 6.96. The average Bonchev–Trinajstić information content (AvgIpc) is 2.85. The first-order chi connectivity index (χ1) is 11.0. The zero-order chi connectivity index (χ0) is 16.8. The van der Waals surface area contributed by atoms with Crippen LogP contribution < -0.4 is 5.32 Å². The molecule has 0 radical (unpaired) electrons. The number of aromatic nitrogens is 1. The van der Waals surface area contributed by atoms with Crippen LogP contribution in [0.1, 0.15) is 25.5 Å². The Labute approximate surface area is 148 Å². The van der Waals surface area contributed by atoms with Gasteiger partial charge in [-0.1, -0.05) is 6.92 Å². The highest BCUT2D eigenvalue weighted by Gasteiger charge is 2.19. The van der Waals surface area contributed by atoms with Crippen LogP contribution in [0.2, 0.25) is 0 Å². The van der Waals surface area contributed by atoms with Crippen molar-refractivity contribution in [3.05, 3.63) is 22.4 Å². The molecule has 1 aromatic rings. The zero-order valence-electron chi connectivity index (χ0n) is 14.8. The molecule has 0 aromatic carbocycles. The summed E-state index contributed by atoms with van der Waals surface area (Å²) in [5.41, 5.74) is 1.26. The van der Waals surface area contributed by atoms with Gasteiger partial charge in [-0.3, -0.25) is 4.99 Å². The van der Waals surface area contributed by atoms with E-state index in [1.165, 1.54) is 31.6 Å². The number of hydrogen-bond acceptors (Lipinski definition) is 2. The summed E-state index contributed by atoms with van der Waals surface area (Å²) in [6.45, 7) is 7.71. The molecule has 6 heteroatoms. The molecule has 1 aromatic heterocycles. The van der Waals surface area contributed by atoms with Crippen molar-refractivity contribution in [1.82, 2.24) is 19.7 Å². The molecule has 1 fully saturated rings. The Morgan fingerprint density at radius 2 is 2.30 bits per heavy atom. The summed E-state index contributed by atoms with van der Waals surface area (Å²) in [5.74, 6) is 1.69. The van der Waals surface area contributed by atoms with Gasteiger partial charge in [-0.25, -0.2) is 0 Å². The zero-order valence-corrected chi connectivity index (χ0v) is 16.4. The van der Waals surface area contributed by atoms with Crippen molar-refractivity contribution in [3.63, 3.8) is 0 Å². The highest BCUT2D eigenvalue weighted by atomic mass is 79.9. The lowest BCUT2D eigenvalue weighted by molar-refractivity contribution is 0.183. The highest BCUT2D eigenvalue weighted by Crippen LogP contribution is 2.16. The third-order valence-corrected chi connectivity index (χ3v) is 5.08. The predicted octanol–water partition coefficient (Wildman–Crippen LogP) is 2.53. The summed E-state index contributed by atoms with van der Waals surface area (Å²) in [6.07, 6.45) is 4.71. The molecule has 0 aliphatic carbocycles. The van der Waals surface area contributed by atoms with E-state index in [0.29, 0.717) is 0 Å². The normalized spacial score (nSPS) is 19.9. The second kappa shape index (κ2) is 8.73. The first kappa shape index (κ1) is 18.3. The van der Waals surface area contributed by atoms with Gasteiger partial charge < -0.3 is 19.7 Å². The summed E-state index contributed by atoms with van der Waals surface area (Å²) in [7, 11) is 6.03. The number of halogens is 1. The fourth-order valence-corrected chi connectivity index (χ4v) is 3.84. The van der Waals surface area contributed by atoms with Crippen molar-refractivity contribution in [2.45, 2.75) is 26.3 Å². The topological polar surface area (TPSA) is 35.8 Å². The van der Waals surface area contributed by atoms with E-state index in [9.17, 15) is 0 Å². The average molecular weight is 384 g/mol. The Morgan fingerprint density at radius 1 is 1.52 bits per heavy atom. The summed E-state index contributed by atoms with van der Waals surface area (Å²) >= 11 is 3.53. The third kappa shape index (κ3) is 5.24. The van der Waals surface area contributed by atoms with Crippen molar-refractivity contribution < 1.29 is 0 Å². The van der Waals surface area contributed by atoms with Crippen LogP contribution in [0.25, 0.3) is 0 Å². The number of guanidine groups is 1. The molecule has 1 N–H and O–H groups in total. The van der Waals surface area contributed by atoms with E-state index in [1.807, 2.05) is 7.05 Å². The molecule has 0 amide bonds. The number of nitrogens with one attached hydrogen (secondary N) is 1. The van der Waals surface area contributed by atoms with E-state index in [4.69, 9.17) is 0 Å². The maximum atomic E-state index is 4.44. The minimum Gasteiger partial charge on any atom is -0.356 e. The van der Waals surface area contributed by atoms with Crippen molar-refractivity contribution in [2.24, 2.45) is 18.0 Å². The molecule has 1 unspecified atom stereocenters. The molecule has 1 atom stereocenters. The maximum Gasteiger partial charge on any atom is 0.193 e. The van der Waals surface area contributed by atoms with Crippen molar-refractivity contribution in [2.75, 3.05) is 40.3 Å². The molecule has 0 spiro atoms. The number of aryl methyl sites for hydroxylation is 1. The van der Waals surface area contributed by atoms with Gasteiger partial charge in [0.2, 0.25) is 0 Å². The minimum atomic E-state index is 0.720. The molecule has 1 aliphatic heterocycles. The van der Waals surface area contributed by atoms with Crippen LogP contribution in [0.4, 0.5) is 0 Å². The molecule has 0 saturated carbocycles. The standard InChI is InChI=1S/C17H30BrN5/c1-5-23-8-6-7-14(11-23)10-20-17(19-2)22(4)13-16-9-15(18)12-21(16)3/h9,12,14H,5-8,10-11,13H2,1-4H3,(H,19,20). The first-order valence-corrected chi connectivity index (χ1v) is 9.27. The van der Waals surface area contributed by atoms with Crippen molar-refractivity contribution in [3.8, 4) is 0 Å². The van der Waals surface area contributed by atoms with Gasteiger partial charge in [-0.2, -0.15) is 0 Å². The molecule has 23 heavy (non-hydrogen) atoms. The quantitative estimate of drug-likeness (QED) is 0.626. The van der Waals surface area contributed by atoms with Gasteiger partial charge in [0.05, 0.1) is 6.54 Å². The van der Waals surface area contributed by atoms with Crippen LogP contribution in [-0.2, 0) is 13.6 Å². The van der Waals surface area contributed by atoms with Crippen LogP contribution >= 0.6 is 15.9 Å². The lowest BCUT2D eigenvalue weighted by Gasteiger charge is -2.33. The van der Waals surface area contributed by atoms with E-state index in [2.05, 4.69) is 73.9 Å². The number of hydrogen-bond donors (Lipinski definition) is 1. The summed E-state index contributed by atoms with van der Waals surface area (Å²) in [5, 5.41) is 3.56. The summed E-state index contributed by atoms with van der Waals surface area (Å²) in [4.78, 5) is 9.17. The van der Waals surface area contributed by atoms with Gasteiger partial charge in [-0.15, -0.1) is 0 Å². The van der Waals surface area contributed by atoms with Crippen molar-refractivity contribution in [1.29, 1.82) is 0 Å². The lowest BCUT2D eigenvalue weighted by atomic mass is 9.98. The molecular weight excluding hydrogens is 354 g/mol. The van der Waals surface area contributed by atoms with E-state index < -0.39 is 0 Å². The maximum absolute atomic E-state index is 4.44. The number of piperidine rings is 1. The van der Waals surface area contributed by atoms with Gasteiger partial charge in [0.15, 0.2) is 5.96 Å². The van der Waals surface area contributed by atoms with E-state index >= 15 is 0 Å². The third-order valence-electron chi connectivity index (χ3n) is 4.65. The second-order valence-corrected chi connectivity index (χ2v) is 7.36. The summed E-state index contributed by atoms with van der Waals surface area (Å²) in [6, 6.07) is 2.16. The Morgan fingerprint density at radius 3 is 2.91 bits per heavy atom. The Bertz CT molecular complexity index is 525. The first-order valence-electron chi connectivity index (χ1n) is 8.48. The van der Waals surface area contributed by atoms with E-state index in [0.717, 1.165) is 36.0 Å². The number of likely N-dealkylation sites (tertiary alicyclic amines) is 1. The molecule has 5 nitrogen and oxygen atoms in total. The van der Waals surface area contributed by atoms with Gasteiger partial charge >= 0.3 is 0 Å². The van der Waals surface area contributed by atoms with E-state index in [1.54, 1.807) is 0 Å². The number of rotatable bonds is 5. The smallest absolute Gasteiger partial charge is 0.193 e. The lowest BCUT2D eigenvalue weighted by Crippen LogP contribution is -2.44. The van der Waals surface area contributed by atoms with Crippen LogP contribution in [0.15, 0.2) is 21.7 Å². The Balaban J connectivity index is 1.86. The Hall–Kier alpha value is -1.01. The van der Waals surface area contributed by atoms with E-state index in [-0.39, 0.29) is 0 Å². The molecule has 2 heterocycles. The van der Waals surface area contributed by atoms with Crippen LogP contribution in [-0.4, -0.2) is 60.6 Å². The predicted molar refractivity (Wildman–Crippen MR) is 101 cm³/mol. The van der Waals surface area contributed by atoms with Gasteiger partial charge in [0.25, 0.3) is 0 Å². The van der Waals surface area contributed by atoms with Gasteiger partial charge in [-0.05, 0) is 53.8 Å². The largest absolute Gasteiger partial charge is 0.356 e. The molecule has 130 valence electrons. The highest BCUT2D eigenvalue weighted by molar-refractivity contribution is 9.10. The van der Waals surface area contributed by atoms with Crippen LogP contribution in [0.5, 0.6) is 0 Å². The van der Waals surface area contributed by atoms with Gasteiger partial charge in [0.1, 0.15) is 0 Å². The van der Waals surface area contributed by atoms with Crippen LogP contribution in [0.3, 0.4) is 0 Å². The molecule has 2 rings (SSSR count). The molecule has 0 bridgehead atoms. The van der Waals surface area contributed by atoms with Crippen LogP contribution in [0, 0.1) is 5.92 Å². The minimum absolute atomic E-state index is 0.720. The molecule has 1 aliphatic rings. The number of nitrogens with zero attached hydrogens (tertiary/aromatic N) is 4. The summed E-state index contributed by atoms with van der Waals surface area (Å²) < 4.78 is 3.27. The molecule has 1 saturated heterocycles. The monoisotopic (exact) mass is 383 g/mol. The van der Waals surface area contributed by atoms with Gasteiger partial charge in [0, 0.05) is 50.6 Å². The second-order valence-electron chi connectivity index (χ2n) is 6.45. The van der Waals surface area contributed by atoms with Crippen molar-refractivity contribution >= 4 is 21.9 Å². The molecular formula is C17H30BrN5. The fourth-order valence-electron chi connectivity index (χ4n) is 3.27. The number of aliphatic imine (C=N–C) groups is 1.